The Morgan fingerprint density at radius 1 is 1.32 bits per heavy atom. The SMILES string of the molecule is COc1cc(C(O)C(O)CCNC(=O)OC(C)(C)C)cc([N+](=O)[O-])c1. The van der Waals surface area contributed by atoms with Crippen LogP contribution in [0.3, 0.4) is 0 Å². The highest BCUT2D eigenvalue weighted by Gasteiger charge is 2.22. The number of methoxy groups -OCH3 is 1. The highest BCUT2D eigenvalue weighted by molar-refractivity contribution is 5.67. The van der Waals surface area contributed by atoms with Crippen molar-refractivity contribution in [1.29, 1.82) is 0 Å². The number of aliphatic hydroxyl groups is 2. The van der Waals surface area contributed by atoms with E-state index in [0.29, 0.717) is 0 Å². The van der Waals surface area contributed by atoms with Crippen molar-refractivity contribution in [2.24, 2.45) is 0 Å². The quantitative estimate of drug-likeness (QED) is 0.502. The van der Waals surface area contributed by atoms with Gasteiger partial charge in [0.1, 0.15) is 17.5 Å². The molecule has 1 aromatic carbocycles. The molecule has 0 aliphatic carbocycles. The molecule has 2 unspecified atom stereocenters. The normalized spacial score (nSPS) is 13.7. The summed E-state index contributed by atoms with van der Waals surface area (Å²) in [5, 5.41) is 33.6. The summed E-state index contributed by atoms with van der Waals surface area (Å²) in [6, 6.07) is 3.78. The molecule has 0 aliphatic rings. The van der Waals surface area contributed by atoms with Gasteiger partial charge in [-0.25, -0.2) is 4.79 Å². The van der Waals surface area contributed by atoms with E-state index in [-0.39, 0.29) is 30.0 Å². The van der Waals surface area contributed by atoms with Gasteiger partial charge in [0.15, 0.2) is 0 Å². The molecule has 0 aromatic heterocycles. The Bertz CT molecular complexity index is 613. The number of amides is 1. The van der Waals surface area contributed by atoms with Crippen LogP contribution in [0.15, 0.2) is 18.2 Å². The molecule has 9 heteroatoms. The van der Waals surface area contributed by atoms with Gasteiger partial charge in [-0.1, -0.05) is 0 Å². The van der Waals surface area contributed by atoms with Crippen molar-refractivity contribution in [3.8, 4) is 5.75 Å². The predicted molar refractivity (Wildman–Crippen MR) is 89.5 cm³/mol. The Balaban J connectivity index is 2.67. The second kappa shape index (κ2) is 8.63. The largest absolute Gasteiger partial charge is 0.496 e. The van der Waals surface area contributed by atoms with Crippen molar-refractivity contribution in [3.63, 3.8) is 0 Å². The van der Waals surface area contributed by atoms with Crippen LogP contribution in [0.4, 0.5) is 10.5 Å². The third-order valence-corrected chi connectivity index (χ3v) is 3.17. The van der Waals surface area contributed by atoms with Crippen molar-refractivity contribution in [2.45, 2.75) is 45.0 Å². The van der Waals surface area contributed by atoms with Crippen molar-refractivity contribution in [3.05, 3.63) is 33.9 Å². The molecule has 0 spiro atoms. The fourth-order valence-corrected chi connectivity index (χ4v) is 2.02. The van der Waals surface area contributed by atoms with E-state index < -0.39 is 28.8 Å². The molecular formula is C16H24N2O7. The molecule has 9 nitrogen and oxygen atoms in total. The Hall–Kier alpha value is -2.39. The number of hydrogen-bond donors (Lipinski definition) is 3. The number of benzene rings is 1. The third-order valence-electron chi connectivity index (χ3n) is 3.17. The van der Waals surface area contributed by atoms with Crippen molar-refractivity contribution in [2.75, 3.05) is 13.7 Å². The summed E-state index contributed by atoms with van der Waals surface area (Å²) in [6.45, 7) is 5.24. The minimum atomic E-state index is -1.37. The second-order valence-electron chi connectivity index (χ2n) is 6.45. The number of ether oxygens (including phenoxy) is 2. The molecule has 1 aromatic rings. The highest BCUT2D eigenvalue weighted by atomic mass is 16.6. The molecule has 0 bridgehead atoms. The van der Waals surface area contributed by atoms with Gasteiger partial charge in [0, 0.05) is 12.6 Å². The van der Waals surface area contributed by atoms with Crippen LogP contribution in [0, 0.1) is 10.1 Å². The Labute approximate surface area is 145 Å². The Kier molecular flexibility index (Phi) is 7.13. The van der Waals surface area contributed by atoms with Crippen LogP contribution in [0.2, 0.25) is 0 Å². The Morgan fingerprint density at radius 3 is 2.48 bits per heavy atom. The van der Waals surface area contributed by atoms with Crippen LogP contribution in [-0.4, -0.2) is 46.6 Å². The predicted octanol–water partition coefficient (Wildman–Crippen LogP) is 1.91. The van der Waals surface area contributed by atoms with Gasteiger partial charge in [0.2, 0.25) is 0 Å². The second-order valence-corrected chi connectivity index (χ2v) is 6.45. The number of carbonyl (C=O) groups excluding carboxylic acids is 1. The van der Waals surface area contributed by atoms with Crippen LogP contribution in [-0.2, 0) is 4.74 Å². The number of rotatable bonds is 7. The minimum Gasteiger partial charge on any atom is -0.496 e. The summed E-state index contributed by atoms with van der Waals surface area (Å²) in [4.78, 5) is 21.8. The lowest BCUT2D eigenvalue weighted by Crippen LogP contribution is -2.34. The van der Waals surface area contributed by atoms with Crippen LogP contribution in [0.1, 0.15) is 38.9 Å². The number of alkyl carbamates (subject to hydrolysis) is 1. The molecule has 25 heavy (non-hydrogen) atoms. The van der Waals surface area contributed by atoms with Crippen LogP contribution in [0.5, 0.6) is 5.75 Å². The lowest BCUT2D eigenvalue weighted by atomic mass is 10.0. The molecule has 2 atom stereocenters. The molecule has 0 aliphatic heterocycles. The number of aliphatic hydroxyl groups excluding tert-OH is 2. The van der Waals surface area contributed by atoms with Gasteiger partial charge in [0.25, 0.3) is 5.69 Å². The van der Waals surface area contributed by atoms with Gasteiger partial charge in [-0.2, -0.15) is 0 Å². The van der Waals surface area contributed by atoms with E-state index in [0.717, 1.165) is 6.07 Å². The first kappa shape index (κ1) is 20.7. The number of nitro groups is 1. The van der Waals surface area contributed by atoms with Crippen LogP contribution >= 0.6 is 0 Å². The van der Waals surface area contributed by atoms with Gasteiger partial charge in [-0.15, -0.1) is 0 Å². The first-order valence-corrected chi connectivity index (χ1v) is 7.70. The van der Waals surface area contributed by atoms with E-state index in [1.807, 2.05) is 0 Å². The average molecular weight is 356 g/mol. The van der Waals surface area contributed by atoms with E-state index in [2.05, 4.69) is 5.32 Å². The standard InChI is InChI=1S/C16H24N2O7/c1-16(2,3)25-15(21)17-6-5-13(19)14(20)10-7-11(18(22)23)9-12(8-10)24-4/h7-9,13-14,19-20H,5-6H2,1-4H3,(H,17,21). The first-order valence-electron chi connectivity index (χ1n) is 7.70. The summed E-state index contributed by atoms with van der Waals surface area (Å²) in [5.74, 6) is 0.197. The zero-order valence-electron chi connectivity index (χ0n) is 14.7. The summed E-state index contributed by atoms with van der Waals surface area (Å²) in [6.07, 6.45) is -3.20. The van der Waals surface area contributed by atoms with Gasteiger partial charge in [0.05, 0.1) is 24.2 Å². The maximum Gasteiger partial charge on any atom is 0.407 e. The van der Waals surface area contributed by atoms with Crippen molar-refractivity contribution in [1.82, 2.24) is 5.32 Å². The van der Waals surface area contributed by atoms with E-state index >= 15 is 0 Å². The van der Waals surface area contributed by atoms with E-state index in [1.54, 1.807) is 20.8 Å². The number of nitrogens with one attached hydrogen (secondary N) is 1. The highest BCUT2D eigenvalue weighted by Crippen LogP contribution is 2.28. The molecule has 1 amide bonds. The van der Waals surface area contributed by atoms with Gasteiger partial charge in [-0.3, -0.25) is 10.1 Å². The Morgan fingerprint density at radius 2 is 1.96 bits per heavy atom. The number of hydrogen-bond acceptors (Lipinski definition) is 7. The molecule has 0 fully saturated rings. The van der Waals surface area contributed by atoms with E-state index in [9.17, 15) is 25.1 Å². The first-order chi connectivity index (χ1) is 11.5. The summed E-state index contributed by atoms with van der Waals surface area (Å²) < 4.78 is 10.0. The van der Waals surface area contributed by atoms with E-state index in [1.165, 1.54) is 19.2 Å². The fraction of sp³-hybridized carbons (Fsp3) is 0.562. The monoisotopic (exact) mass is 356 g/mol. The van der Waals surface area contributed by atoms with Gasteiger partial charge in [-0.05, 0) is 38.8 Å². The average Bonchev–Trinajstić information content (AvgIpc) is 2.51. The zero-order chi connectivity index (χ0) is 19.2. The van der Waals surface area contributed by atoms with Crippen LogP contribution < -0.4 is 10.1 Å². The molecule has 0 saturated carbocycles. The molecule has 0 radical (unpaired) electrons. The maximum absolute atomic E-state index is 11.5. The topological polar surface area (TPSA) is 131 Å². The smallest absolute Gasteiger partial charge is 0.407 e. The van der Waals surface area contributed by atoms with Crippen molar-refractivity contribution >= 4 is 11.8 Å². The number of carbonyl (C=O) groups is 1. The molecular weight excluding hydrogens is 332 g/mol. The number of nitro benzene ring substituents is 1. The number of non-ortho nitro benzene ring substituents is 1. The molecule has 1 rings (SSSR count). The summed E-state index contributed by atoms with van der Waals surface area (Å²) in [5.41, 5.74) is -0.745. The number of nitrogens with zero attached hydrogens (tertiary/aromatic N) is 1. The zero-order valence-corrected chi connectivity index (χ0v) is 14.7. The lowest BCUT2D eigenvalue weighted by Gasteiger charge is -2.21. The summed E-state index contributed by atoms with van der Waals surface area (Å²) >= 11 is 0. The third kappa shape index (κ3) is 6.94. The molecule has 0 heterocycles. The lowest BCUT2D eigenvalue weighted by molar-refractivity contribution is -0.385. The van der Waals surface area contributed by atoms with E-state index in [4.69, 9.17) is 9.47 Å². The molecule has 0 saturated heterocycles. The van der Waals surface area contributed by atoms with Crippen molar-refractivity contribution < 1.29 is 29.4 Å². The van der Waals surface area contributed by atoms with Gasteiger partial charge >= 0.3 is 6.09 Å². The fourth-order valence-electron chi connectivity index (χ4n) is 2.02. The maximum atomic E-state index is 11.5. The van der Waals surface area contributed by atoms with Gasteiger partial charge < -0.3 is 25.0 Å². The summed E-state index contributed by atoms with van der Waals surface area (Å²) in [7, 11) is 1.34. The molecule has 140 valence electrons. The molecule has 3 N–H and O–H groups in total. The minimum absolute atomic E-state index is 0.0332. The van der Waals surface area contributed by atoms with Crippen LogP contribution in [0.25, 0.3) is 0 Å².